The molecule has 0 amide bonds. The summed E-state index contributed by atoms with van der Waals surface area (Å²) in [6.45, 7) is 1.48. The maximum atomic E-state index is 11.5. The molecule has 0 fully saturated rings. The predicted octanol–water partition coefficient (Wildman–Crippen LogP) is 2.36. The third-order valence-electron chi connectivity index (χ3n) is 1.94. The lowest BCUT2D eigenvalue weighted by Crippen LogP contribution is -2.38. The molecule has 0 heterocycles. The first-order valence-electron chi connectivity index (χ1n) is 4.06. The summed E-state index contributed by atoms with van der Waals surface area (Å²) < 4.78 is 9.80. The van der Waals surface area contributed by atoms with E-state index in [1.165, 1.54) is 21.1 Å². The lowest BCUT2D eigenvalue weighted by Gasteiger charge is -2.21. The molecule has 0 aliphatic carbocycles. The summed E-state index contributed by atoms with van der Waals surface area (Å²) in [7, 11) is 2.47. The van der Waals surface area contributed by atoms with Crippen molar-refractivity contribution >= 4 is 43.8 Å². The number of ether oxygens (including phenoxy) is 2. The molecule has 6 heteroatoms. The molecule has 0 atom stereocenters. The Morgan fingerprint density at radius 1 is 1.20 bits per heavy atom. The number of methoxy groups -OCH3 is 2. The molecule has 0 rings (SSSR count). The highest BCUT2D eigenvalue weighted by atomic mass is 79.9. The molecular formula is C9H12Br2O4. The molecular weight excluding hydrogens is 332 g/mol. The van der Waals surface area contributed by atoms with Gasteiger partial charge in [-0.05, 0) is 45.2 Å². The summed E-state index contributed by atoms with van der Waals surface area (Å²) in [6.07, 6.45) is 1.84. The van der Waals surface area contributed by atoms with Gasteiger partial charge in [-0.1, -0.05) is 6.08 Å². The van der Waals surface area contributed by atoms with Gasteiger partial charge in [-0.25, -0.2) is 0 Å². The zero-order valence-electron chi connectivity index (χ0n) is 8.67. The number of hydrogen-bond acceptors (Lipinski definition) is 4. The fraction of sp³-hybridized carbons (Fsp3) is 0.556. The van der Waals surface area contributed by atoms with E-state index in [9.17, 15) is 9.59 Å². The van der Waals surface area contributed by atoms with E-state index in [0.29, 0.717) is 3.39 Å². The van der Waals surface area contributed by atoms with Gasteiger partial charge < -0.3 is 9.47 Å². The normalized spacial score (nSPS) is 10.5. The maximum absolute atomic E-state index is 11.5. The molecule has 0 unspecified atom stereocenters. The molecule has 4 nitrogen and oxygen atoms in total. The number of rotatable bonds is 4. The van der Waals surface area contributed by atoms with Crippen LogP contribution in [-0.4, -0.2) is 26.2 Å². The van der Waals surface area contributed by atoms with Gasteiger partial charge in [0.15, 0.2) is 5.41 Å². The van der Waals surface area contributed by atoms with Crippen LogP contribution in [0.25, 0.3) is 0 Å². The summed E-state index contributed by atoms with van der Waals surface area (Å²) >= 11 is 6.29. The summed E-state index contributed by atoms with van der Waals surface area (Å²) in [5.74, 6) is -1.24. The molecule has 0 aromatic heterocycles. The van der Waals surface area contributed by atoms with Gasteiger partial charge in [0.25, 0.3) is 0 Å². The fourth-order valence-electron chi connectivity index (χ4n) is 0.982. The Balaban J connectivity index is 4.94. The van der Waals surface area contributed by atoms with Gasteiger partial charge in [-0.15, -0.1) is 0 Å². The van der Waals surface area contributed by atoms with Crippen LogP contribution in [0.3, 0.4) is 0 Å². The second-order valence-electron chi connectivity index (χ2n) is 3.01. The topological polar surface area (TPSA) is 52.6 Å². The minimum atomic E-state index is -1.31. The van der Waals surface area contributed by atoms with Crippen molar-refractivity contribution in [2.24, 2.45) is 5.41 Å². The van der Waals surface area contributed by atoms with Crippen molar-refractivity contribution in [2.75, 3.05) is 14.2 Å². The summed E-state index contributed by atoms with van der Waals surface area (Å²) in [5.41, 5.74) is -1.31. The van der Waals surface area contributed by atoms with Crippen molar-refractivity contribution in [3.8, 4) is 0 Å². The molecule has 0 aromatic rings. The number of hydrogen-bond donors (Lipinski definition) is 0. The van der Waals surface area contributed by atoms with E-state index in [1.807, 2.05) is 0 Å². The van der Waals surface area contributed by atoms with Crippen LogP contribution in [0, 0.1) is 5.41 Å². The SMILES string of the molecule is COC(=O)C(C)(CC=C(Br)Br)C(=O)OC. The van der Waals surface area contributed by atoms with Crippen LogP contribution in [0.15, 0.2) is 9.47 Å². The van der Waals surface area contributed by atoms with E-state index in [1.54, 1.807) is 6.08 Å². The molecule has 15 heavy (non-hydrogen) atoms. The third-order valence-corrected chi connectivity index (χ3v) is 2.58. The van der Waals surface area contributed by atoms with Crippen LogP contribution in [0.2, 0.25) is 0 Å². The molecule has 0 saturated carbocycles. The van der Waals surface area contributed by atoms with Crippen molar-refractivity contribution in [3.05, 3.63) is 9.47 Å². The number of carbonyl (C=O) groups excluding carboxylic acids is 2. The largest absolute Gasteiger partial charge is 0.468 e. The van der Waals surface area contributed by atoms with Gasteiger partial charge in [0.2, 0.25) is 0 Å². The van der Waals surface area contributed by atoms with Crippen LogP contribution in [0.4, 0.5) is 0 Å². The number of esters is 2. The molecule has 0 aliphatic heterocycles. The van der Waals surface area contributed by atoms with E-state index in [4.69, 9.17) is 0 Å². The molecule has 0 radical (unpaired) electrons. The van der Waals surface area contributed by atoms with Crippen LogP contribution in [0.1, 0.15) is 13.3 Å². The molecule has 0 spiro atoms. The van der Waals surface area contributed by atoms with Gasteiger partial charge in [0.1, 0.15) is 0 Å². The average Bonchev–Trinajstić information content (AvgIpc) is 2.23. The van der Waals surface area contributed by atoms with Crippen LogP contribution < -0.4 is 0 Å². The van der Waals surface area contributed by atoms with Gasteiger partial charge in [0.05, 0.1) is 17.6 Å². The van der Waals surface area contributed by atoms with E-state index < -0.39 is 17.4 Å². The quantitative estimate of drug-likeness (QED) is 0.581. The van der Waals surface area contributed by atoms with Crippen LogP contribution in [0.5, 0.6) is 0 Å². The average molecular weight is 344 g/mol. The van der Waals surface area contributed by atoms with Crippen molar-refractivity contribution in [1.29, 1.82) is 0 Å². The first-order valence-corrected chi connectivity index (χ1v) is 5.65. The Labute approximate surface area is 105 Å². The lowest BCUT2D eigenvalue weighted by molar-refractivity contribution is -0.167. The van der Waals surface area contributed by atoms with E-state index in [0.717, 1.165) is 0 Å². The Kier molecular flexibility index (Phi) is 6.12. The second-order valence-corrected chi connectivity index (χ2v) is 5.79. The molecule has 0 aromatic carbocycles. The van der Waals surface area contributed by atoms with E-state index in [2.05, 4.69) is 41.3 Å². The predicted molar refractivity (Wildman–Crippen MR) is 62.7 cm³/mol. The molecule has 0 bridgehead atoms. The van der Waals surface area contributed by atoms with Crippen LogP contribution >= 0.6 is 31.9 Å². The first kappa shape index (κ1) is 14.6. The zero-order chi connectivity index (χ0) is 12.1. The van der Waals surface area contributed by atoms with Crippen LogP contribution in [-0.2, 0) is 19.1 Å². The van der Waals surface area contributed by atoms with Gasteiger partial charge in [-0.3, -0.25) is 9.59 Å². The first-order chi connectivity index (χ1) is 6.88. The van der Waals surface area contributed by atoms with Crippen molar-refractivity contribution in [2.45, 2.75) is 13.3 Å². The van der Waals surface area contributed by atoms with Gasteiger partial charge in [-0.2, -0.15) is 0 Å². The smallest absolute Gasteiger partial charge is 0.323 e. The number of halogens is 2. The van der Waals surface area contributed by atoms with Crippen molar-refractivity contribution in [3.63, 3.8) is 0 Å². The maximum Gasteiger partial charge on any atom is 0.323 e. The Morgan fingerprint density at radius 2 is 1.60 bits per heavy atom. The summed E-state index contributed by atoms with van der Waals surface area (Å²) in [4.78, 5) is 22.9. The minimum Gasteiger partial charge on any atom is -0.468 e. The number of allylic oxidation sites excluding steroid dienone is 1. The monoisotopic (exact) mass is 342 g/mol. The molecule has 0 aliphatic rings. The second kappa shape index (κ2) is 6.27. The Hall–Kier alpha value is -0.360. The Bertz CT molecular complexity index is 266. The van der Waals surface area contributed by atoms with Gasteiger partial charge >= 0.3 is 11.9 Å². The summed E-state index contributed by atoms with van der Waals surface area (Å²) in [6, 6.07) is 0. The molecule has 0 N–H and O–H groups in total. The highest BCUT2D eigenvalue weighted by Crippen LogP contribution is 2.28. The van der Waals surface area contributed by atoms with E-state index in [-0.39, 0.29) is 6.42 Å². The fourth-order valence-corrected chi connectivity index (χ4v) is 1.31. The van der Waals surface area contributed by atoms with Crippen molar-refractivity contribution in [1.82, 2.24) is 0 Å². The third kappa shape index (κ3) is 3.95. The molecule has 0 saturated heterocycles. The highest BCUT2D eigenvalue weighted by molar-refractivity contribution is 9.28. The highest BCUT2D eigenvalue weighted by Gasteiger charge is 2.42. The standard InChI is InChI=1S/C9H12Br2O4/c1-9(7(12)14-2,8(13)15-3)5-4-6(10)11/h4H,5H2,1-3H3. The van der Waals surface area contributed by atoms with Gasteiger partial charge in [0, 0.05) is 0 Å². The lowest BCUT2D eigenvalue weighted by atomic mass is 9.87. The van der Waals surface area contributed by atoms with E-state index >= 15 is 0 Å². The van der Waals surface area contributed by atoms with Crippen molar-refractivity contribution < 1.29 is 19.1 Å². The minimum absolute atomic E-state index is 0.193. The Morgan fingerprint density at radius 3 is 1.87 bits per heavy atom. The molecule has 86 valence electrons. The summed E-state index contributed by atoms with van der Waals surface area (Å²) in [5, 5.41) is 0. The number of carbonyl (C=O) groups is 2. The zero-order valence-corrected chi connectivity index (χ0v) is 11.8.